The van der Waals surface area contributed by atoms with Gasteiger partial charge in [0.05, 0.1) is 21.3 Å². The molecule has 3 aromatic carbocycles. The van der Waals surface area contributed by atoms with Gasteiger partial charge in [-0.25, -0.2) is 0 Å². The smallest absolute Gasteiger partial charge is 0.200 e. The summed E-state index contributed by atoms with van der Waals surface area (Å²) in [5.41, 5.74) is 5.61. The van der Waals surface area contributed by atoms with Crippen LogP contribution in [0.2, 0.25) is 16.6 Å². The van der Waals surface area contributed by atoms with Gasteiger partial charge in [0.1, 0.15) is 6.61 Å². The van der Waals surface area contributed by atoms with Gasteiger partial charge < -0.3 is 23.4 Å². The molecule has 3 aromatic rings. The molecular weight excluding hydrogens is 532 g/mol. The summed E-state index contributed by atoms with van der Waals surface area (Å²) in [4.78, 5) is 12.3. The zero-order valence-electron chi connectivity index (χ0n) is 26.1. The van der Waals surface area contributed by atoms with Crippen LogP contribution >= 0.6 is 0 Å². The molecule has 0 radical (unpaired) electrons. The summed E-state index contributed by atoms with van der Waals surface area (Å²) in [5.74, 6) is 2.27. The Hall–Kier alpha value is -3.29. The van der Waals surface area contributed by atoms with Gasteiger partial charge in [0, 0.05) is 12.2 Å². The van der Waals surface area contributed by atoms with E-state index in [1.807, 2.05) is 48.5 Å². The molecule has 0 amide bonds. The fourth-order valence-corrected chi connectivity index (χ4v) is 11.6. The molecular formula is C34H46O6Si. The van der Waals surface area contributed by atoms with Gasteiger partial charge in [0.25, 0.3) is 0 Å². The van der Waals surface area contributed by atoms with Crippen molar-refractivity contribution >= 4 is 14.6 Å². The van der Waals surface area contributed by atoms with Crippen LogP contribution in [0.15, 0.2) is 54.6 Å². The average Bonchev–Trinajstić information content (AvgIpc) is 2.97. The number of rotatable bonds is 15. The van der Waals surface area contributed by atoms with Crippen LogP contribution in [0, 0.1) is 0 Å². The van der Waals surface area contributed by atoms with Crippen LogP contribution in [-0.4, -0.2) is 42.5 Å². The lowest BCUT2D eigenvalue weighted by Crippen LogP contribution is -2.48. The van der Waals surface area contributed by atoms with E-state index in [1.165, 1.54) is 0 Å². The third-order valence-corrected chi connectivity index (χ3v) is 14.1. The highest BCUT2D eigenvalue weighted by Crippen LogP contribution is 2.44. The lowest BCUT2D eigenvalue weighted by molar-refractivity contribution is 0.112. The van der Waals surface area contributed by atoms with Crippen LogP contribution in [0.3, 0.4) is 0 Å². The van der Waals surface area contributed by atoms with E-state index in [2.05, 4.69) is 41.5 Å². The van der Waals surface area contributed by atoms with Crippen molar-refractivity contribution in [2.45, 2.75) is 71.2 Å². The maximum atomic E-state index is 12.3. The van der Waals surface area contributed by atoms with Crippen LogP contribution in [0.4, 0.5) is 0 Å². The fourth-order valence-electron chi connectivity index (χ4n) is 6.13. The van der Waals surface area contributed by atoms with Crippen molar-refractivity contribution in [2.75, 3.05) is 27.9 Å². The molecule has 0 saturated carbocycles. The van der Waals surface area contributed by atoms with E-state index >= 15 is 0 Å². The average molecular weight is 579 g/mol. The molecule has 3 rings (SSSR count). The number of aldehydes is 1. The molecule has 6 nitrogen and oxygen atoms in total. The molecule has 0 saturated heterocycles. The molecule has 0 unspecified atom stereocenters. The number of carbonyl (C=O) groups is 1. The topological polar surface area (TPSA) is 63.2 Å². The number of hydrogen-bond donors (Lipinski definition) is 0. The molecule has 0 bridgehead atoms. The second-order valence-corrected chi connectivity index (χ2v) is 16.7. The fraction of sp³-hybridized carbons (Fsp3) is 0.441. The minimum Gasteiger partial charge on any atom is -0.493 e. The van der Waals surface area contributed by atoms with Crippen LogP contribution in [0.25, 0.3) is 11.1 Å². The predicted molar refractivity (Wildman–Crippen MR) is 168 cm³/mol. The highest BCUT2D eigenvalue weighted by molar-refractivity contribution is 6.77. The summed E-state index contributed by atoms with van der Waals surface area (Å²) >= 11 is 0. The lowest BCUT2D eigenvalue weighted by atomic mass is 9.93. The number of hydrogen-bond acceptors (Lipinski definition) is 6. The Balaban J connectivity index is 2.11. The number of benzene rings is 3. The van der Waals surface area contributed by atoms with Gasteiger partial charge in [0.2, 0.25) is 0 Å². The van der Waals surface area contributed by atoms with E-state index in [0.29, 0.717) is 64.8 Å². The van der Waals surface area contributed by atoms with Crippen LogP contribution in [-0.2, 0) is 17.5 Å². The number of ether oxygens (including phenoxy) is 4. The van der Waals surface area contributed by atoms with Crippen molar-refractivity contribution in [1.82, 2.24) is 0 Å². The SMILES string of the molecule is COc1cc(C=O)c(-c2cc(OC)c(OCc3ccccc3)cc2CCO[Si](C(C)C)(C(C)C)C(C)C)cc1OC. The molecule has 222 valence electrons. The van der Waals surface area contributed by atoms with E-state index in [9.17, 15) is 4.79 Å². The molecule has 0 spiro atoms. The largest absolute Gasteiger partial charge is 0.493 e. The van der Waals surface area contributed by atoms with Gasteiger partial charge in [-0.1, -0.05) is 71.9 Å². The summed E-state index contributed by atoms with van der Waals surface area (Å²) in [6.45, 7) is 14.7. The first kappa shape index (κ1) is 32.2. The minimum atomic E-state index is -2.06. The van der Waals surface area contributed by atoms with Gasteiger partial charge in [0.15, 0.2) is 37.6 Å². The molecule has 0 heterocycles. The predicted octanol–water partition coefficient (Wildman–Crippen LogP) is 8.51. The van der Waals surface area contributed by atoms with Crippen molar-refractivity contribution in [3.8, 4) is 34.1 Å². The molecule has 0 N–H and O–H groups in total. The number of methoxy groups -OCH3 is 3. The molecule has 0 aromatic heterocycles. The van der Waals surface area contributed by atoms with E-state index < -0.39 is 8.32 Å². The summed E-state index contributed by atoms with van der Waals surface area (Å²) in [7, 11) is 2.71. The third kappa shape index (κ3) is 7.14. The zero-order valence-corrected chi connectivity index (χ0v) is 27.1. The maximum Gasteiger partial charge on any atom is 0.200 e. The van der Waals surface area contributed by atoms with Gasteiger partial charge >= 0.3 is 0 Å². The summed E-state index contributed by atoms with van der Waals surface area (Å²) < 4.78 is 30.0. The highest BCUT2D eigenvalue weighted by Gasteiger charge is 2.44. The molecule has 41 heavy (non-hydrogen) atoms. The molecule has 0 aliphatic carbocycles. The van der Waals surface area contributed by atoms with Gasteiger partial charge in [-0.05, 0) is 69.6 Å². The standard InChI is InChI=1S/C34H46O6Si/c1-23(2)41(24(3)4,25(5)6)40-16-15-27-17-34(39-22-26-13-11-10-12-14-26)33(38-9)19-29(27)30-20-32(37-8)31(36-7)18-28(30)21-35/h10-14,17-21,23-25H,15-16,22H2,1-9H3. The van der Waals surface area contributed by atoms with Gasteiger partial charge in [-0.3, -0.25) is 4.79 Å². The van der Waals surface area contributed by atoms with Crippen LogP contribution in [0.5, 0.6) is 23.0 Å². The normalized spacial score (nSPS) is 11.7. The van der Waals surface area contributed by atoms with Crippen molar-refractivity contribution in [1.29, 1.82) is 0 Å². The van der Waals surface area contributed by atoms with Crippen molar-refractivity contribution < 1.29 is 28.2 Å². The Bertz CT molecular complexity index is 1260. The molecule has 0 aliphatic rings. The summed E-state index contributed by atoms with van der Waals surface area (Å²) in [6, 6.07) is 17.6. The lowest BCUT2D eigenvalue weighted by Gasteiger charge is -2.42. The van der Waals surface area contributed by atoms with Gasteiger partial charge in [-0.2, -0.15) is 0 Å². The second kappa shape index (κ2) is 14.6. The van der Waals surface area contributed by atoms with Crippen molar-refractivity contribution in [3.05, 3.63) is 71.3 Å². The molecule has 0 atom stereocenters. The molecule has 7 heteroatoms. The molecule has 0 aliphatic heterocycles. The summed E-state index contributed by atoms with van der Waals surface area (Å²) in [6.07, 6.45) is 1.49. The third-order valence-electron chi connectivity index (χ3n) is 8.03. The first-order valence-electron chi connectivity index (χ1n) is 14.4. The first-order valence-corrected chi connectivity index (χ1v) is 16.5. The number of carbonyl (C=O) groups excluding carboxylic acids is 1. The second-order valence-electron chi connectivity index (χ2n) is 11.3. The minimum absolute atomic E-state index is 0.409. The summed E-state index contributed by atoms with van der Waals surface area (Å²) in [5, 5.41) is 0. The Morgan fingerprint density at radius 3 is 1.78 bits per heavy atom. The zero-order chi connectivity index (χ0) is 30.2. The van der Waals surface area contributed by atoms with E-state index in [4.69, 9.17) is 23.4 Å². The van der Waals surface area contributed by atoms with Crippen molar-refractivity contribution in [2.24, 2.45) is 0 Å². The van der Waals surface area contributed by atoms with E-state index in [-0.39, 0.29) is 0 Å². The van der Waals surface area contributed by atoms with Crippen LogP contribution in [0.1, 0.15) is 63.0 Å². The quantitative estimate of drug-likeness (QED) is 0.133. The Kier molecular flexibility index (Phi) is 11.4. The molecule has 0 fully saturated rings. The van der Waals surface area contributed by atoms with Crippen molar-refractivity contribution in [3.63, 3.8) is 0 Å². The highest BCUT2D eigenvalue weighted by atomic mass is 28.4. The van der Waals surface area contributed by atoms with E-state index in [1.54, 1.807) is 27.4 Å². The van der Waals surface area contributed by atoms with Crippen LogP contribution < -0.4 is 18.9 Å². The Labute approximate surface area is 247 Å². The van der Waals surface area contributed by atoms with Gasteiger partial charge in [-0.15, -0.1) is 0 Å². The Morgan fingerprint density at radius 1 is 0.707 bits per heavy atom. The monoisotopic (exact) mass is 578 g/mol. The first-order chi connectivity index (χ1) is 19.6. The maximum absolute atomic E-state index is 12.3. The van der Waals surface area contributed by atoms with E-state index in [0.717, 1.165) is 28.5 Å². The Morgan fingerprint density at radius 2 is 1.24 bits per heavy atom.